The van der Waals surface area contributed by atoms with Crippen LogP contribution in [-0.2, 0) is 4.74 Å². The third-order valence-corrected chi connectivity index (χ3v) is 1.72. The van der Waals surface area contributed by atoms with Crippen molar-refractivity contribution < 1.29 is 66.2 Å². The summed E-state index contributed by atoms with van der Waals surface area (Å²) in [6, 6.07) is 0. The fourth-order valence-electron chi connectivity index (χ4n) is 0.717. The highest BCUT2D eigenvalue weighted by molar-refractivity contribution is 4.98. The summed E-state index contributed by atoms with van der Waals surface area (Å²) < 4.78 is 168. The van der Waals surface area contributed by atoms with Gasteiger partial charge in [0.05, 0.1) is 0 Å². The fourth-order valence-corrected chi connectivity index (χ4v) is 0.717. The number of hydrogen-bond acceptors (Lipinski definition) is 1. The molecule has 0 aliphatic carbocycles. The Labute approximate surface area is 104 Å². The van der Waals surface area contributed by atoms with E-state index < -0.39 is 36.4 Å². The lowest BCUT2D eigenvalue weighted by molar-refractivity contribution is -0.521. The Morgan fingerprint density at radius 3 is 0.952 bits per heavy atom. The van der Waals surface area contributed by atoms with Gasteiger partial charge in [-0.2, -0.15) is 61.5 Å². The van der Waals surface area contributed by atoms with E-state index in [2.05, 4.69) is 0 Å². The molecule has 0 amide bonds. The minimum absolute atomic E-state index is 1.23. The molecule has 1 nitrogen and oxygen atoms in total. The van der Waals surface area contributed by atoms with Gasteiger partial charge in [0.1, 0.15) is 0 Å². The summed E-state index contributed by atoms with van der Waals surface area (Å²) in [5, 5.41) is 0. The third-order valence-electron chi connectivity index (χ3n) is 1.72. The lowest BCUT2D eigenvalue weighted by Gasteiger charge is -2.37. The van der Waals surface area contributed by atoms with E-state index in [1.165, 1.54) is 4.74 Å². The lowest BCUT2D eigenvalue weighted by Crippen LogP contribution is -2.66. The summed E-state index contributed by atoms with van der Waals surface area (Å²) >= 11 is 0. The molecule has 0 heterocycles. The number of alkyl halides is 14. The maximum absolute atomic E-state index is 12.8. The average molecular weight is 354 g/mol. The molecule has 128 valence electrons. The molecule has 0 saturated carbocycles. The van der Waals surface area contributed by atoms with Crippen LogP contribution in [0.15, 0.2) is 0 Å². The molecule has 0 radical (unpaired) electrons. The van der Waals surface area contributed by atoms with Crippen molar-refractivity contribution in [1.82, 2.24) is 0 Å². The van der Waals surface area contributed by atoms with E-state index in [1.807, 2.05) is 0 Å². The first-order chi connectivity index (χ1) is 8.71. The van der Waals surface area contributed by atoms with E-state index in [1.54, 1.807) is 0 Å². The summed E-state index contributed by atoms with van der Waals surface area (Å²) in [6.07, 6.45) is -29.5. The zero-order valence-electron chi connectivity index (χ0n) is 8.70. The highest BCUT2D eigenvalue weighted by Gasteiger charge is 2.86. The molecule has 0 saturated heterocycles. The Balaban J connectivity index is 6.07. The van der Waals surface area contributed by atoms with Crippen LogP contribution in [0.25, 0.3) is 0 Å². The molecular formula is C6F14O. The normalized spacial score (nSPS) is 18.6. The first kappa shape index (κ1) is 20.0. The maximum Gasteiger partial charge on any atom is 0.483 e. The summed E-state index contributed by atoms with van der Waals surface area (Å²) in [4.78, 5) is 0. The monoisotopic (exact) mass is 354 g/mol. The Bertz CT molecular complexity index is 372. The van der Waals surface area contributed by atoms with Crippen LogP contribution in [-0.4, -0.2) is 36.4 Å². The van der Waals surface area contributed by atoms with E-state index in [-0.39, 0.29) is 0 Å². The van der Waals surface area contributed by atoms with Crippen molar-refractivity contribution in [1.29, 1.82) is 0 Å². The Kier molecular flexibility index (Phi) is 4.51. The third kappa shape index (κ3) is 3.26. The zero-order chi connectivity index (χ0) is 17.7. The van der Waals surface area contributed by atoms with Crippen LogP contribution in [0.5, 0.6) is 0 Å². The summed E-state index contributed by atoms with van der Waals surface area (Å²) in [7, 11) is 0. The van der Waals surface area contributed by atoms with Crippen molar-refractivity contribution in [2.24, 2.45) is 0 Å². The second kappa shape index (κ2) is 4.74. The van der Waals surface area contributed by atoms with Crippen molar-refractivity contribution in [2.75, 3.05) is 0 Å². The quantitative estimate of drug-likeness (QED) is 0.674. The van der Waals surface area contributed by atoms with Gasteiger partial charge in [0, 0.05) is 0 Å². The topological polar surface area (TPSA) is 9.23 Å². The number of rotatable bonds is 3. The molecule has 0 N–H and O–H groups in total. The standard InChI is InChI=1S/C6F14O/c7-1(8,3(10,11)12)2(9,4(13,14)15)21-6(19,20)5(16,17)18. The van der Waals surface area contributed by atoms with Gasteiger partial charge in [-0.3, -0.25) is 4.74 Å². The van der Waals surface area contributed by atoms with Crippen LogP contribution >= 0.6 is 0 Å². The highest BCUT2D eigenvalue weighted by atomic mass is 19.4. The number of halogens is 14. The van der Waals surface area contributed by atoms with Gasteiger partial charge in [-0.15, -0.1) is 0 Å². The van der Waals surface area contributed by atoms with Gasteiger partial charge in [-0.05, 0) is 0 Å². The predicted molar refractivity (Wildman–Crippen MR) is 33.0 cm³/mol. The SMILES string of the molecule is FC(F)(F)C(F)(F)OC(F)(C(F)(F)F)C(F)(F)C(F)(F)F. The molecule has 1 atom stereocenters. The van der Waals surface area contributed by atoms with Crippen LogP contribution in [0.4, 0.5) is 61.5 Å². The summed E-state index contributed by atoms with van der Waals surface area (Å²) in [6.45, 7) is 0. The van der Waals surface area contributed by atoms with Crippen molar-refractivity contribution >= 4 is 0 Å². The van der Waals surface area contributed by atoms with Gasteiger partial charge in [-0.25, -0.2) is 0 Å². The fraction of sp³-hybridized carbons (Fsp3) is 1.00. The molecule has 15 heteroatoms. The Morgan fingerprint density at radius 1 is 0.429 bits per heavy atom. The Morgan fingerprint density at radius 2 is 0.762 bits per heavy atom. The summed E-state index contributed by atoms with van der Waals surface area (Å²) in [5.74, 6) is -15.4. The maximum atomic E-state index is 12.8. The minimum Gasteiger partial charge on any atom is -0.262 e. The highest BCUT2D eigenvalue weighted by Crippen LogP contribution is 2.56. The van der Waals surface area contributed by atoms with Gasteiger partial charge < -0.3 is 0 Å². The predicted octanol–water partition coefficient (Wildman–Crippen LogP) is 4.58. The van der Waals surface area contributed by atoms with Crippen LogP contribution in [0.3, 0.4) is 0 Å². The molecule has 0 spiro atoms. The molecule has 0 aromatic rings. The largest absolute Gasteiger partial charge is 0.483 e. The van der Waals surface area contributed by atoms with Crippen molar-refractivity contribution in [3.05, 3.63) is 0 Å². The van der Waals surface area contributed by atoms with E-state index in [0.717, 1.165) is 0 Å². The lowest BCUT2D eigenvalue weighted by atomic mass is 10.1. The number of ether oxygens (including phenoxy) is 1. The molecule has 1 unspecified atom stereocenters. The molecule has 0 aliphatic heterocycles. The van der Waals surface area contributed by atoms with Gasteiger partial charge in [0.2, 0.25) is 0 Å². The van der Waals surface area contributed by atoms with Gasteiger partial charge in [0.25, 0.3) is 0 Å². The molecular weight excluding hydrogens is 354 g/mol. The first-order valence-electron chi connectivity index (χ1n) is 4.05. The molecule has 0 bridgehead atoms. The van der Waals surface area contributed by atoms with E-state index in [0.29, 0.717) is 0 Å². The van der Waals surface area contributed by atoms with Crippen LogP contribution in [0.1, 0.15) is 0 Å². The van der Waals surface area contributed by atoms with Gasteiger partial charge >= 0.3 is 36.4 Å². The van der Waals surface area contributed by atoms with Gasteiger partial charge in [0.15, 0.2) is 0 Å². The smallest absolute Gasteiger partial charge is 0.262 e. The number of hydrogen-bond donors (Lipinski definition) is 0. The average Bonchev–Trinajstić information content (AvgIpc) is 2.10. The van der Waals surface area contributed by atoms with Crippen molar-refractivity contribution in [3.8, 4) is 0 Å². The van der Waals surface area contributed by atoms with E-state index in [4.69, 9.17) is 0 Å². The van der Waals surface area contributed by atoms with Crippen LogP contribution in [0, 0.1) is 0 Å². The van der Waals surface area contributed by atoms with Crippen molar-refractivity contribution in [3.63, 3.8) is 0 Å². The van der Waals surface area contributed by atoms with E-state index >= 15 is 0 Å². The first-order valence-corrected chi connectivity index (χ1v) is 4.05. The summed E-state index contributed by atoms with van der Waals surface area (Å²) in [5.41, 5.74) is 0. The molecule has 0 aromatic carbocycles. The molecule has 0 aromatic heterocycles. The molecule has 0 aliphatic rings. The molecule has 0 rings (SSSR count). The Hall–Kier alpha value is -1.02. The molecule has 0 fully saturated rings. The van der Waals surface area contributed by atoms with Crippen molar-refractivity contribution in [2.45, 2.75) is 36.4 Å². The second-order valence-electron chi connectivity index (χ2n) is 3.28. The second-order valence-corrected chi connectivity index (χ2v) is 3.28. The zero-order valence-corrected chi connectivity index (χ0v) is 8.70. The molecule has 21 heavy (non-hydrogen) atoms. The van der Waals surface area contributed by atoms with E-state index in [9.17, 15) is 61.5 Å². The van der Waals surface area contributed by atoms with Crippen LogP contribution in [0.2, 0.25) is 0 Å². The van der Waals surface area contributed by atoms with Crippen LogP contribution < -0.4 is 0 Å². The minimum atomic E-state index is -7.74. The van der Waals surface area contributed by atoms with Gasteiger partial charge in [-0.1, -0.05) is 0 Å².